The van der Waals surface area contributed by atoms with Crippen LogP contribution in [0, 0.1) is 0 Å². The summed E-state index contributed by atoms with van der Waals surface area (Å²) in [6, 6.07) is 16.9. The van der Waals surface area contributed by atoms with E-state index in [2.05, 4.69) is 0 Å². The molecule has 2 saturated heterocycles. The highest BCUT2D eigenvalue weighted by Crippen LogP contribution is 2.40. The number of hydrogen-bond acceptors (Lipinski definition) is 6. The minimum Gasteiger partial charge on any atom is -0.458 e. The Morgan fingerprint density at radius 3 is 2.04 bits per heavy atom. The first-order chi connectivity index (χ1) is 13.1. The number of fused-ring (bicyclic) bond motifs is 1. The lowest BCUT2D eigenvalue weighted by atomic mass is 10.2. The van der Waals surface area contributed by atoms with Gasteiger partial charge >= 0.3 is 18.0 Å². The number of carbonyl (C=O) groups is 3. The van der Waals surface area contributed by atoms with Crippen LogP contribution in [0.4, 0.5) is 4.79 Å². The molecule has 2 aromatic carbocycles. The third-order valence-electron chi connectivity index (χ3n) is 4.52. The molecule has 27 heavy (non-hydrogen) atoms. The SMILES string of the molecule is O=C(OCc1ccccc1)[C@H]1OC(=O)[C@H]2[C@@H]1N2C(=O)OCc1ccccc1. The van der Waals surface area contributed by atoms with Gasteiger partial charge in [-0.3, -0.25) is 4.90 Å². The summed E-state index contributed by atoms with van der Waals surface area (Å²) in [5.41, 5.74) is 1.65. The zero-order chi connectivity index (χ0) is 18.8. The molecule has 0 aromatic heterocycles. The van der Waals surface area contributed by atoms with E-state index in [1.807, 2.05) is 60.7 Å². The fraction of sp³-hybridized carbons (Fsp3) is 0.250. The van der Waals surface area contributed by atoms with Gasteiger partial charge in [-0.25, -0.2) is 14.4 Å². The molecule has 0 saturated carbocycles. The van der Waals surface area contributed by atoms with Gasteiger partial charge in [0.15, 0.2) is 6.04 Å². The van der Waals surface area contributed by atoms with E-state index < -0.39 is 36.2 Å². The van der Waals surface area contributed by atoms with Crippen LogP contribution in [-0.2, 0) is 37.0 Å². The Labute approximate surface area is 155 Å². The molecule has 2 fully saturated rings. The van der Waals surface area contributed by atoms with Crippen LogP contribution >= 0.6 is 0 Å². The van der Waals surface area contributed by atoms with Crippen molar-refractivity contribution in [1.82, 2.24) is 4.90 Å². The molecule has 0 unspecified atom stereocenters. The van der Waals surface area contributed by atoms with Crippen LogP contribution in [0.25, 0.3) is 0 Å². The fourth-order valence-corrected chi connectivity index (χ4v) is 3.11. The van der Waals surface area contributed by atoms with Crippen molar-refractivity contribution in [3.05, 3.63) is 71.8 Å². The Bertz CT molecular complexity index is 853. The van der Waals surface area contributed by atoms with Gasteiger partial charge in [-0.2, -0.15) is 0 Å². The Kier molecular flexibility index (Phi) is 4.50. The van der Waals surface area contributed by atoms with E-state index in [1.54, 1.807) is 0 Å². The predicted molar refractivity (Wildman–Crippen MR) is 92.2 cm³/mol. The zero-order valence-corrected chi connectivity index (χ0v) is 14.3. The zero-order valence-electron chi connectivity index (χ0n) is 14.3. The molecule has 0 bridgehead atoms. The summed E-state index contributed by atoms with van der Waals surface area (Å²) < 4.78 is 15.5. The number of ether oxygens (including phenoxy) is 3. The maximum atomic E-state index is 12.3. The van der Waals surface area contributed by atoms with Gasteiger partial charge in [-0.05, 0) is 11.1 Å². The maximum Gasteiger partial charge on any atom is 0.411 e. The summed E-state index contributed by atoms with van der Waals surface area (Å²) in [5.74, 6) is -1.28. The lowest BCUT2D eigenvalue weighted by Gasteiger charge is -2.16. The Hall–Kier alpha value is -3.35. The Morgan fingerprint density at radius 1 is 0.889 bits per heavy atom. The van der Waals surface area contributed by atoms with E-state index in [-0.39, 0.29) is 13.2 Å². The van der Waals surface area contributed by atoms with E-state index in [9.17, 15) is 14.4 Å². The average Bonchev–Trinajstić information content (AvgIpc) is 3.36. The Morgan fingerprint density at radius 2 is 1.44 bits per heavy atom. The minimum absolute atomic E-state index is 0.0730. The molecule has 2 heterocycles. The summed E-state index contributed by atoms with van der Waals surface area (Å²) in [5, 5.41) is 0. The van der Waals surface area contributed by atoms with Crippen molar-refractivity contribution >= 4 is 18.0 Å². The first-order valence-electron chi connectivity index (χ1n) is 8.55. The van der Waals surface area contributed by atoms with E-state index >= 15 is 0 Å². The number of hydrogen-bond donors (Lipinski definition) is 0. The largest absolute Gasteiger partial charge is 0.458 e. The summed E-state index contributed by atoms with van der Waals surface area (Å²) in [6.45, 7) is 0.164. The molecule has 2 aliphatic rings. The molecular weight excluding hydrogens is 350 g/mol. The van der Waals surface area contributed by atoms with Crippen molar-refractivity contribution in [3.63, 3.8) is 0 Å². The van der Waals surface area contributed by atoms with E-state index in [4.69, 9.17) is 14.2 Å². The predicted octanol–water partition coefficient (Wildman–Crippen LogP) is 2.04. The van der Waals surface area contributed by atoms with Gasteiger partial charge in [0.1, 0.15) is 19.3 Å². The molecule has 0 N–H and O–H groups in total. The molecule has 0 radical (unpaired) electrons. The molecule has 2 aromatic rings. The monoisotopic (exact) mass is 367 g/mol. The summed E-state index contributed by atoms with van der Waals surface area (Å²) in [7, 11) is 0. The highest BCUT2D eigenvalue weighted by Gasteiger charge is 2.69. The number of nitrogens with zero attached hydrogens (tertiary/aromatic N) is 1. The summed E-state index contributed by atoms with van der Waals surface area (Å²) in [6.07, 6.45) is -1.76. The van der Waals surface area contributed by atoms with Gasteiger partial charge in [0.05, 0.1) is 0 Å². The molecule has 7 heteroatoms. The quantitative estimate of drug-likeness (QED) is 0.457. The van der Waals surface area contributed by atoms with Crippen LogP contribution in [0.3, 0.4) is 0 Å². The van der Waals surface area contributed by atoms with E-state index in [0.717, 1.165) is 11.1 Å². The van der Waals surface area contributed by atoms with Gasteiger partial charge < -0.3 is 14.2 Å². The Balaban J connectivity index is 1.33. The topological polar surface area (TPSA) is 81.9 Å². The third kappa shape index (κ3) is 3.48. The van der Waals surface area contributed by atoms with Crippen molar-refractivity contribution in [2.45, 2.75) is 31.4 Å². The molecule has 0 spiro atoms. The second-order valence-corrected chi connectivity index (χ2v) is 6.33. The standard InChI is InChI=1S/C20H17NO6/c22-18-16-15(21(16)20(24)26-12-14-9-5-2-6-10-14)17(27-18)19(23)25-11-13-7-3-1-4-8-13/h1-10,15-17H,11-12H2/t15-,16+,17-,21?/m0/s1. The van der Waals surface area contributed by atoms with Crippen molar-refractivity contribution in [1.29, 1.82) is 0 Å². The van der Waals surface area contributed by atoms with Crippen molar-refractivity contribution in [2.24, 2.45) is 0 Å². The average molecular weight is 367 g/mol. The van der Waals surface area contributed by atoms with E-state index in [1.165, 1.54) is 4.90 Å². The lowest BCUT2D eigenvalue weighted by molar-refractivity contribution is -0.166. The summed E-state index contributed by atoms with van der Waals surface area (Å²) in [4.78, 5) is 37.6. The van der Waals surface area contributed by atoms with Gasteiger partial charge in [0.2, 0.25) is 6.10 Å². The highest BCUT2D eigenvalue weighted by molar-refractivity contribution is 5.96. The smallest absolute Gasteiger partial charge is 0.411 e. The third-order valence-corrected chi connectivity index (χ3v) is 4.52. The van der Waals surface area contributed by atoms with Crippen molar-refractivity contribution < 1.29 is 28.6 Å². The number of esters is 2. The molecule has 3 atom stereocenters. The number of morpholine rings is 1. The molecule has 0 aliphatic carbocycles. The summed E-state index contributed by atoms with van der Waals surface area (Å²) >= 11 is 0. The highest BCUT2D eigenvalue weighted by atomic mass is 16.6. The maximum absolute atomic E-state index is 12.3. The van der Waals surface area contributed by atoms with Gasteiger partial charge in [0, 0.05) is 0 Å². The first-order valence-corrected chi connectivity index (χ1v) is 8.55. The number of benzene rings is 2. The van der Waals surface area contributed by atoms with Crippen molar-refractivity contribution in [3.8, 4) is 0 Å². The molecule has 2 aliphatic heterocycles. The molecule has 1 amide bonds. The van der Waals surface area contributed by atoms with Crippen molar-refractivity contribution in [2.75, 3.05) is 0 Å². The van der Waals surface area contributed by atoms with E-state index in [0.29, 0.717) is 0 Å². The van der Waals surface area contributed by atoms with Crippen LogP contribution in [0.5, 0.6) is 0 Å². The van der Waals surface area contributed by atoms with Crippen LogP contribution in [0.1, 0.15) is 11.1 Å². The first kappa shape index (κ1) is 17.1. The number of amides is 1. The second-order valence-electron chi connectivity index (χ2n) is 6.33. The number of rotatable bonds is 5. The van der Waals surface area contributed by atoms with Gasteiger partial charge in [0.25, 0.3) is 0 Å². The lowest BCUT2D eigenvalue weighted by Crippen LogP contribution is -2.35. The van der Waals surface area contributed by atoms with Crippen LogP contribution in [-0.4, -0.2) is 41.1 Å². The van der Waals surface area contributed by atoms with Crippen LogP contribution in [0.15, 0.2) is 60.7 Å². The second kappa shape index (κ2) is 7.11. The number of carbonyl (C=O) groups excluding carboxylic acids is 3. The minimum atomic E-state index is -1.12. The molecular formula is C20H17NO6. The molecule has 4 rings (SSSR count). The van der Waals surface area contributed by atoms with Crippen LogP contribution in [0.2, 0.25) is 0 Å². The van der Waals surface area contributed by atoms with Gasteiger partial charge in [-0.1, -0.05) is 60.7 Å². The normalized spacial score (nSPS) is 22.6. The molecule has 7 nitrogen and oxygen atoms in total. The molecule has 138 valence electrons. The van der Waals surface area contributed by atoms with Gasteiger partial charge in [-0.15, -0.1) is 0 Å². The fourth-order valence-electron chi connectivity index (χ4n) is 3.11. The van der Waals surface area contributed by atoms with Crippen LogP contribution < -0.4 is 0 Å². The number of cyclic esters (lactones) is 1.